The highest BCUT2D eigenvalue weighted by Crippen LogP contribution is 2.47. The maximum atomic E-state index is 13.7. The maximum absolute atomic E-state index is 13.7. The number of methoxy groups -OCH3 is 1. The molecule has 5 rings (SSSR count). The number of rotatable bonds is 8. The van der Waals surface area contributed by atoms with Gasteiger partial charge in [-0.3, -0.25) is 14.5 Å². The summed E-state index contributed by atoms with van der Waals surface area (Å²) >= 11 is 0. The number of fused-ring (bicyclic) bond motifs is 2. The Kier molecular flexibility index (Phi) is 6.93. The van der Waals surface area contributed by atoms with Crippen molar-refractivity contribution in [3.05, 3.63) is 90.0 Å². The number of benzene rings is 3. The second kappa shape index (κ2) is 10.3. The second-order valence-corrected chi connectivity index (χ2v) is 9.42. The van der Waals surface area contributed by atoms with Crippen molar-refractivity contribution in [2.45, 2.75) is 25.5 Å². The van der Waals surface area contributed by atoms with Gasteiger partial charge in [0.05, 0.1) is 25.0 Å². The fourth-order valence-corrected chi connectivity index (χ4v) is 5.04. The fourth-order valence-electron chi connectivity index (χ4n) is 5.04. The molecule has 2 amide bonds. The molecule has 8 heteroatoms. The molecule has 2 atom stereocenters. The van der Waals surface area contributed by atoms with E-state index in [-0.39, 0.29) is 25.7 Å². The first-order valence-corrected chi connectivity index (χ1v) is 12.5. The summed E-state index contributed by atoms with van der Waals surface area (Å²) in [5.74, 6) is 0.0632. The van der Waals surface area contributed by atoms with Crippen LogP contribution in [0, 0.1) is 5.92 Å². The van der Waals surface area contributed by atoms with Gasteiger partial charge in [0.25, 0.3) is 11.8 Å². The van der Waals surface area contributed by atoms with E-state index >= 15 is 0 Å². The van der Waals surface area contributed by atoms with E-state index in [1.54, 1.807) is 54.2 Å². The van der Waals surface area contributed by atoms with Crippen LogP contribution in [0.1, 0.15) is 24.5 Å². The first-order chi connectivity index (χ1) is 18.4. The Hall–Kier alpha value is -4.14. The minimum absolute atomic E-state index is 0.0102. The Morgan fingerprint density at radius 3 is 2.58 bits per heavy atom. The third kappa shape index (κ3) is 4.31. The van der Waals surface area contributed by atoms with Gasteiger partial charge in [-0.25, -0.2) is 0 Å². The summed E-state index contributed by atoms with van der Waals surface area (Å²) in [5.41, 5.74) is 1.54. The molecule has 196 valence electrons. The number of nitrogens with zero attached hydrogens (tertiary/aromatic N) is 2. The van der Waals surface area contributed by atoms with Crippen LogP contribution in [0.2, 0.25) is 0 Å². The summed E-state index contributed by atoms with van der Waals surface area (Å²) in [6.45, 7) is 1.97. The van der Waals surface area contributed by atoms with Gasteiger partial charge in [-0.05, 0) is 54.4 Å². The lowest BCUT2D eigenvalue weighted by Crippen LogP contribution is -2.44. The molecule has 0 fully saturated rings. The van der Waals surface area contributed by atoms with Crippen molar-refractivity contribution < 1.29 is 29.3 Å². The Balaban J connectivity index is 1.44. The molecule has 0 aliphatic carbocycles. The number of amides is 2. The monoisotopic (exact) mass is 514 g/mol. The zero-order chi connectivity index (χ0) is 26.9. The quantitative estimate of drug-likeness (QED) is 0.440. The number of hydrogen-bond acceptors (Lipinski definition) is 6. The van der Waals surface area contributed by atoms with Gasteiger partial charge in [-0.1, -0.05) is 43.3 Å². The Bertz CT molecular complexity index is 1390. The van der Waals surface area contributed by atoms with E-state index in [0.29, 0.717) is 40.5 Å². The van der Waals surface area contributed by atoms with E-state index < -0.39 is 17.4 Å². The average Bonchev–Trinajstić information content (AvgIpc) is 3.15. The molecule has 0 unspecified atom stereocenters. The Morgan fingerprint density at radius 2 is 1.84 bits per heavy atom. The standard InChI is InChI=1S/C30H30N2O6/c1-20(7-5-6-16-33)30(36)24-17-23(37-2)14-15-25(24)31(29(30)35)18-21-10-12-22(13-11-21)32-26-8-3-4-9-27(26)38-19-28(32)34/h3-5,7-15,17,20,33,36H,6,16,18-19H2,1-2H3/b7-5+/t20-,30+/m0/s1. The van der Waals surface area contributed by atoms with Crippen LogP contribution in [0.15, 0.2) is 78.9 Å². The summed E-state index contributed by atoms with van der Waals surface area (Å²) in [4.78, 5) is 29.6. The number of para-hydroxylation sites is 2. The molecular weight excluding hydrogens is 484 g/mol. The first-order valence-electron chi connectivity index (χ1n) is 12.5. The number of aliphatic hydroxyl groups excluding tert-OH is 1. The van der Waals surface area contributed by atoms with Gasteiger partial charge in [0, 0.05) is 23.8 Å². The van der Waals surface area contributed by atoms with E-state index in [1.165, 1.54) is 0 Å². The summed E-state index contributed by atoms with van der Waals surface area (Å²) in [6, 6.07) is 20.1. The minimum atomic E-state index is -1.78. The van der Waals surface area contributed by atoms with E-state index in [1.807, 2.05) is 48.5 Å². The van der Waals surface area contributed by atoms with E-state index in [9.17, 15) is 14.7 Å². The average molecular weight is 515 g/mol. The lowest BCUT2D eigenvalue weighted by Gasteiger charge is -2.29. The molecule has 0 spiro atoms. The van der Waals surface area contributed by atoms with Gasteiger partial charge in [-0.15, -0.1) is 0 Å². The number of carbonyl (C=O) groups is 2. The van der Waals surface area contributed by atoms with Gasteiger partial charge in [0.15, 0.2) is 12.2 Å². The summed E-state index contributed by atoms with van der Waals surface area (Å²) in [7, 11) is 1.54. The van der Waals surface area contributed by atoms with Crippen molar-refractivity contribution in [2.24, 2.45) is 5.92 Å². The molecule has 0 aromatic heterocycles. The van der Waals surface area contributed by atoms with Crippen LogP contribution < -0.4 is 19.3 Å². The normalized spacial score (nSPS) is 19.4. The SMILES string of the molecule is COc1ccc2c(c1)[C@](O)([C@@H](C)/C=C/CCO)C(=O)N2Cc1ccc(N2C(=O)COc3ccccc32)cc1. The topological polar surface area (TPSA) is 99.5 Å². The minimum Gasteiger partial charge on any atom is -0.497 e. The third-order valence-corrected chi connectivity index (χ3v) is 7.10. The van der Waals surface area contributed by atoms with Crippen LogP contribution in [0.3, 0.4) is 0 Å². The van der Waals surface area contributed by atoms with Gasteiger partial charge in [0.2, 0.25) is 0 Å². The van der Waals surface area contributed by atoms with Crippen molar-refractivity contribution in [2.75, 3.05) is 30.1 Å². The van der Waals surface area contributed by atoms with Crippen molar-refractivity contribution in [1.82, 2.24) is 0 Å². The Morgan fingerprint density at radius 1 is 1.08 bits per heavy atom. The molecule has 38 heavy (non-hydrogen) atoms. The van der Waals surface area contributed by atoms with E-state index in [0.717, 1.165) is 5.56 Å². The van der Waals surface area contributed by atoms with Crippen LogP contribution in [0.4, 0.5) is 17.1 Å². The predicted molar refractivity (Wildman–Crippen MR) is 144 cm³/mol. The highest BCUT2D eigenvalue weighted by molar-refractivity contribution is 6.07. The van der Waals surface area contributed by atoms with Crippen molar-refractivity contribution >= 4 is 28.9 Å². The van der Waals surface area contributed by atoms with Gasteiger partial charge >= 0.3 is 0 Å². The molecule has 8 nitrogen and oxygen atoms in total. The molecule has 2 heterocycles. The van der Waals surface area contributed by atoms with E-state index in [4.69, 9.17) is 14.6 Å². The predicted octanol–water partition coefficient (Wildman–Crippen LogP) is 4.06. The molecule has 2 N–H and O–H groups in total. The summed E-state index contributed by atoms with van der Waals surface area (Å²) in [6.07, 6.45) is 3.96. The van der Waals surface area contributed by atoms with E-state index in [2.05, 4.69) is 0 Å². The molecule has 0 bridgehead atoms. The number of carbonyl (C=O) groups excluding carboxylic acids is 2. The maximum Gasteiger partial charge on any atom is 0.269 e. The largest absolute Gasteiger partial charge is 0.497 e. The highest BCUT2D eigenvalue weighted by Gasteiger charge is 2.52. The molecule has 3 aromatic carbocycles. The number of anilines is 3. The number of ether oxygens (including phenoxy) is 2. The lowest BCUT2D eigenvalue weighted by atomic mass is 9.83. The highest BCUT2D eigenvalue weighted by atomic mass is 16.5. The van der Waals surface area contributed by atoms with Gasteiger partial charge in [0.1, 0.15) is 11.5 Å². The van der Waals surface area contributed by atoms with Crippen molar-refractivity contribution in [1.29, 1.82) is 0 Å². The zero-order valence-corrected chi connectivity index (χ0v) is 21.3. The molecule has 2 aliphatic heterocycles. The molecular formula is C30H30N2O6. The van der Waals surface area contributed by atoms with Crippen LogP contribution in [0.5, 0.6) is 11.5 Å². The van der Waals surface area contributed by atoms with Gasteiger partial charge in [-0.2, -0.15) is 0 Å². The second-order valence-electron chi connectivity index (χ2n) is 9.42. The lowest BCUT2D eigenvalue weighted by molar-refractivity contribution is -0.139. The molecule has 0 radical (unpaired) electrons. The van der Waals surface area contributed by atoms with Crippen LogP contribution in [-0.4, -0.2) is 42.4 Å². The van der Waals surface area contributed by atoms with Crippen molar-refractivity contribution in [3.63, 3.8) is 0 Å². The summed E-state index contributed by atoms with van der Waals surface area (Å²) in [5, 5.41) is 20.9. The van der Waals surface area contributed by atoms with Crippen molar-refractivity contribution in [3.8, 4) is 11.5 Å². The molecule has 3 aromatic rings. The smallest absolute Gasteiger partial charge is 0.269 e. The van der Waals surface area contributed by atoms with Crippen LogP contribution >= 0.6 is 0 Å². The third-order valence-electron chi connectivity index (χ3n) is 7.10. The zero-order valence-electron chi connectivity index (χ0n) is 21.3. The fraction of sp³-hybridized carbons (Fsp3) is 0.267. The first kappa shape index (κ1) is 25.5. The number of hydrogen-bond donors (Lipinski definition) is 2. The van der Waals surface area contributed by atoms with Crippen LogP contribution in [0.25, 0.3) is 0 Å². The number of aliphatic hydroxyl groups is 2. The Labute approximate surface area is 221 Å². The van der Waals surface area contributed by atoms with Crippen LogP contribution in [-0.2, 0) is 21.7 Å². The molecule has 0 saturated heterocycles. The molecule has 2 aliphatic rings. The summed E-state index contributed by atoms with van der Waals surface area (Å²) < 4.78 is 10.9. The van der Waals surface area contributed by atoms with Gasteiger partial charge < -0.3 is 24.6 Å². The molecule has 0 saturated carbocycles.